The molecule has 0 bridgehead atoms. The topological polar surface area (TPSA) is 12.9 Å². The second-order valence-electron chi connectivity index (χ2n) is 13.9. The molecule has 11 rings (SSSR count). The minimum atomic E-state index is -0.0640. The van der Waals surface area contributed by atoms with E-state index in [2.05, 4.69) is 179 Å². The highest BCUT2D eigenvalue weighted by Gasteiger charge is 2.39. The monoisotopic (exact) mass is 614 g/mol. The number of hydrogen-bond acceptors (Lipinski definition) is 0. The molecule has 8 aromatic rings. The van der Waals surface area contributed by atoms with Crippen molar-refractivity contribution in [1.82, 2.24) is 13.7 Å². The normalized spacial score (nSPS) is 17.1. The molecule has 0 amide bonds. The predicted octanol–water partition coefficient (Wildman–Crippen LogP) is 11.2. The van der Waals surface area contributed by atoms with Crippen LogP contribution in [-0.4, -0.2) is 14.8 Å². The molecule has 1 atom stereocenters. The summed E-state index contributed by atoms with van der Waals surface area (Å²) < 4.78 is 7.57. The minimum absolute atomic E-state index is 0.0640. The number of allylic oxidation sites excluding steroid dienone is 4. The van der Waals surface area contributed by atoms with Crippen molar-refractivity contribution in [1.29, 1.82) is 0 Å². The van der Waals surface area contributed by atoms with E-state index in [1.165, 1.54) is 88.6 Å². The molecule has 226 valence electrons. The van der Waals surface area contributed by atoms with Gasteiger partial charge in [-0.3, -0.25) is 0 Å². The zero-order chi connectivity index (χ0) is 31.7. The highest BCUT2D eigenvalue weighted by molar-refractivity contribution is 6.28. The molecule has 0 radical (unpaired) electrons. The number of fused-ring (bicyclic) bond motifs is 12. The summed E-state index contributed by atoms with van der Waals surface area (Å²) in [6, 6.07) is 47.4. The first-order chi connectivity index (χ1) is 23.6. The van der Waals surface area contributed by atoms with Crippen LogP contribution in [0, 0.1) is 0 Å². The molecule has 1 aliphatic heterocycles. The van der Waals surface area contributed by atoms with E-state index in [0.717, 1.165) is 0 Å². The Labute approximate surface area is 278 Å². The number of para-hydroxylation sites is 3. The smallest absolute Gasteiger partial charge is 0.235 e. The van der Waals surface area contributed by atoms with Gasteiger partial charge in [0.25, 0.3) is 0 Å². The van der Waals surface area contributed by atoms with Gasteiger partial charge < -0.3 is 9.13 Å². The number of aromatic nitrogens is 2. The Kier molecular flexibility index (Phi) is 4.97. The third kappa shape index (κ3) is 3.16. The van der Waals surface area contributed by atoms with Crippen molar-refractivity contribution < 1.29 is 0 Å². The van der Waals surface area contributed by atoms with E-state index in [1.54, 1.807) is 0 Å². The average molecular weight is 615 g/mol. The first-order valence-electron chi connectivity index (χ1n) is 16.9. The van der Waals surface area contributed by atoms with E-state index in [1.807, 2.05) is 0 Å². The van der Waals surface area contributed by atoms with Gasteiger partial charge in [-0.15, -0.1) is 0 Å². The Morgan fingerprint density at radius 1 is 0.604 bits per heavy atom. The molecule has 0 N–H and O–H groups in total. The molecule has 2 aromatic heterocycles. The summed E-state index contributed by atoms with van der Waals surface area (Å²) in [5.41, 5.74) is 15.4. The second kappa shape index (κ2) is 9.11. The third-order valence-electron chi connectivity index (χ3n) is 11.2. The fraction of sp³-hybridized carbons (Fsp3) is 0.0889. The number of hydrogen-bond donors (Lipinski definition) is 0. The first-order valence-corrected chi connectivity index (χ1v) is 16.9. The second-order valence-corrected chi connectivity index (χ2v) is 13.9. The van der Waals surface area contributed by atoms with Crippen molar-refractivity contribution in [2.24, 2.45) is 0 Å². The summed E-state index contributed by atoms with van der Waals surface area (Å²) in [4.78, 5) is 0. The van der Waals surface area contributed by atoms with Crippen LogP contribution in [0.1, 0.15) is 31.0 Å². The average Bonchev–Trinajstić information content (AvgIpc) is 3.73. The fourth-order valence-corrected chi connectivity index (χ4v) is 9.14. The van der Waals surface area contributed by atoms with Crippen LogP contribution in [0.4, 0.5) is 11.4 Å². The maximum absolute atomic E-state index is 2.62. The highest BCUT2D eigenvalue weighted by Crippen LogP contribution is 2.51. The molecule has 48 heavy (non-hydrogen) atoms. The van der Waals surface area contributed by atoms with Gasteiger partial charge in [-0.25, -0.2) is 0 Å². The Morgan fingerprint density at radius 3 is 2.29 bits per heavy atom. The standard InChI is InChI=1S/C45H32N3/c1-45(2)35-18-8-6-15-30(35)31-24-23-29(27-36(31)45)47-37-19-9-7-16-34(37)42-40(47)26-25-33-32-17-12-22-41-43(32)48(44(33)42)39-21-11-10-20-38(39)46(41)28-13-4-3-5-14-28/h3-27,39H,1-2H3/q+1. The third-order valence-corrected chi connectivity index (χ3v) is 11.2. The van der Waals surface area contributed by atoms with Gasteiger partial charge in [-0.05, 0) is 46.5 Å². The number of rotatable bonds is 2. The molecule has 1 unspecified atom stereocenters. The van der Waals surface area contributed by atoms with Crippen molar-refractivity contribution >= 4 is 60.7 Å². The van der Waals surface area contributed by atoms with Gasteiger partial charge >= 0.3 is 0 Å². The molecular formula is C45H32N3+. The van der Waals surface area contributed by atoms with Crippen LogP contribution in [0.2, 0.25) is 0 Å². The SMILES string of the molecule is CC1(C)c2ccccc2-c2ccc(-n3c4ccccc4c4c3ccc3c5cccc6c5n(c34)C3C=CC=CC3=[N+]6c3ccccc3)cc21. The van der Waals surface area contributed by atoms with Crippen LogP contribution in [0.5, 0.6) is 0 Å². The summed E-state index contributed by atoms with van der Waals surface area (Å²) in [5, 5.41) is 5.18. The maximum Gasteiger partial charge on any atom is 0.235 e. The molecule has 0 saturated heterocycles. The van der Waals surface area contributed by atoms with Crippen LogP contribution in [0.15, 0.2) is 152 Å². The van der Waals surface area contributed by atoms with Crippen molar-refractivity contribution in [3.63, 3.8) is 0 Å². The largest absolute Gasteiger partial charge is 0.317 e. The first kappa shape index (κ1) is 26.2. The molecule has 3 heteroatoms. The quantitative estimate of drug-likeness (QED) is 0.172. The van der Waals surface area contributed by atoms with Crippen LogP contribution >= 0.6 is 0 Å². The Balaban J connectivity index is 1.25. The Morgan fingerprint density at radius 2 is 1.38 bits per heavy atom. The molecule has 6 aromatic carbocycles. The van der Waals surface area contributed by atoms with E-state index in [0.29, 0.717) is 0 Å². The molecule has 3 nitrogen and oxygen atoms in total. The van der Waals surface area contributed by atoms with Gasteiger partial charge in [0.05, 0.1) is 16.6 Å². The fourth-order valence-electron chi connectivity index (χ4n) is 9.14. The maximum atomic E-state index is 2.62. The van der Waals surface area contributed by atoms with Crippen molar-refractivity contribution in [2.45, 2.75) is 25.3 Å². The lowest BCUT2D eigenvalue weighted by Crippen LogP contribution is -2.30. The van der Waals surface area contributed by atoms with Crippen LogP contribution in [-0.2, 0) is 5.41 Å². The summed E-state index contributed by atoms with van der Waals surface area (Å²) in [6.07, 6.45) is 9.03. The van der Waals surface area contributed by atoms with Crippen molar-refractivity contribution in [2.75, 3.05) is 0 Å². The molecule has 0 spiro atoms. The summed E-state index contributed by atoms with van der Waals surface area (Å²) in [6.45, 7) is 4.73. The van der Waals surface area contributed by atoms with E-state index in [9.17, 15) is 0 Å². The van der Waals surface area contributed by atoms with Gasteiger partial charge in [-0.2, -0.15) is 4.58 Å². The highest BCUT2D eigenvalue weighted by atomic mass is 15.2. The molecule has 3 heterocycles. The van der Waals surface area contributed by atoms with Gasteiger partial charge in [0.2, 0.25) is 17.1 Å². The van der Waals surface area contributed by atoms with Gasteiger partial charge in [-0.1, -0.05) is 117 Å². The summed E-state index contributed by atoms with van der Waals surface area (Å²) >= 11 is 0. The molecule has 0 saturated carbocycles. The summed E-state index contributed by atoms with van der Waals surface area (Å²) in [7, 11) is 0. The zero-order valence-corrected chi connectivity index (χ0v) is 26.9. The van der Waals surface area contributed by atoms with Crippen LogP contribution in [0.25, 0.3) is 60.4 Å². The van der Waals surface area contributed by atoms with E-state index in [4.69, 9.17) is 0 Å². The predicted molar refractivity (Wildman–Crippen MR) is 202 cm³/mol. The van der Waals surface area contributed by atoms with Gasteiger partial charge in [0.15, 0.2) is 0 Å². The number of benzene rings is 6. The lowest BCUT2D eigenvalue weighted by atomic mass is 9.82. The van der Waals surface area contributed by atoms with Crippen LogP contribution < -0.4 is 4.58 Å². The zero-order valence-electron chi connectivity index (χ0n) is 26.9. The van der Waals surface area contributed by atoms with Crippen LogP contribution in [0.3, 0.4) is 0 Å². The van der Waals surface area contributed by atoms with E-state index < -0.39 is 0 Å². The lowest BCUT2D eigenvalue weighted by molar-refractivity contribution is 0.660. The van der Waals surface area contributed by atoms with Crippen molar-refractivity contribution in [3.8, 4) is 16.8 Å². The summed E-state index contributed by atoms with van der Waals surface area (Å²) in [5.74, 6) is 0. The molecule has 0 fully saturated rings. The number of nitrogens with zero attached hydrogens (tertiary/aromatic N) is 3. The van der Waals surface area contributed by atoms with Gasteiger partial charge in [0, 0.05) is 56.9 Å². The lowest BCUT2D eigenvalue weighted by Gasteiger charge is -2.24. The van der Waals surface area contributed by atoms with E-state index in [-0.39, 0.29) is 11.5 Å². The molecule has 3 aliphatic rings. The molecule has 2 aliphatic carbocycles. The molecular weight excluding hydrogens is 583 g/mol. The van der Waals surface area contributed by atoms with E-state index >= 15 is 0 Å². The van der Waals surface area contributed by atoms with Gasteiger partial charge in [0.1, 0.15) is 11.6 Å². The Hall–Kier alpha value is -5.93. The van der Waals surface area contributed by atoms with Crippen molar-refractivity contribution in [3.05, 3.63) is 163 Å². The minimum Gasteiger partial charge on any atom is -0.317 e. The Bertz CT molecular complexity index is 2800.